The highest BCUT2D eigenvalue weighted by Crippen LogP contribution is 2.27. The SMILES string of the molecule is O=C(CC1CCCO1)NCC1(O)CCCCC1. The maximum absolute atomic E-state index is 11.7. The van der Waals surface area contributed by atoms with Gasteiger partial charge in [-0.15, -0.1) is 0 Å². The monoisotopic (exact) mass is 241 g/mol. The molecule has 0 bridgehead atoms. The lowest BCUT2D eigenvalue weighted by molar-refractivity contribution is -0.124. The number of hydrogen-bond donors (Lipinski definition) is 2. The van der Waals surface area contributed by atoms with E-state index < -0.39 is 5.60 Å². The molecule has 0 spiro atoms. The van der Waals surface area contributed by atoms with E-state index in [4.69, 9.17) is 4.74 Å². The Bertz CT molecular complexity index is 255. The van der Waals surface area contributed by atoms with E-state index in [1.807, 2.05) is 0 Å². The zero-order chi connectivity index (χ0) is 12.1. The Hall–Kier alpha value is -0.610. The van der Waals surface area contributed by atoms with Crippen molar-refractivity contribution in [2.45, 2.75) is 63.1 Å². The standard InChI is InChI=1S/C13H23NO3/c15-12(9-11-5-4-8-17-11)14-10-13(16)6-2-1-3-7-13/h11,16H,1-10H2,(H,14,15). The Morgan fingerprint density at radius 3 is 2.71 bits per heavy atom. The maximum Gasteiger partial charge on any atom is 0.222 e. The fourth-order valence-corrected chi connectivity index (χ4v) is 2.73. The molecular formula is C13H23NO3. The summed E-state index contributed by atoms with van der Waals surface area (Å²) >= 11 is 0. The van der Waals surface area contributed by atoms with Crippen molar-refractivity contribution < 1.29 is 14.6 Å². The lowest BCUT2D eigenvalue weighted by Crippen LogP contribution is -2.44. The molecule has 17 heavy (non-hydrogen) atoms. The van der Waals surface area contributed by atoms with Crippen LogP contribution in [0.25, 0.3) is 0 Å². The van der Waals surface area contributed by atoms with E-state index in [1.165, 1.54) is 6.42 Å². The second-order valence-electron chi connectivity index (χ2n) is 5.40. The van der Waals surface area contributed by atoms with Crippen LogP contribution in [0.5, 0.6) is 0 Å². The second-order valence-corrected chi connectivity index (χ2v) is 5.40. The Labute approximate surface area is 103 Å². The normalized spacial score (nSPS) is 27.9. The minimum atomic E-state index is -0.662. The summed E-state index contributed by atoms with van der Waals surface area (Å²) in [4.78, 5) is 11.7. The zero-order valence-corrected chi connectivity index (χ0v) is 10.4. The zero-order valence-electron chi connectivity index (χ0n) is 10.4. The second kappa shape index (κ2) is 5.83. The van der Waals surface area contributed by atoms with Crippen molar-refractivity contribution in [1.82, 2.24) is 5.32 Å². The summed E-state index contributed by atoms with van der Waals surface area (Å²) in [6.45, 7) is 1.18. The van der Waals surface area contributed by atoms with Gasteiger partial charge >= 0.3 is 0 Å². The van der Waals surface area contributed by atoms with Crippen LogP contribution < -0.4 is 5.32 Å². The topological polar surface area (TPSA) is 58.6 Å². The predicted molar refractivity (Wildman–Crippen MR) is 64.6 cm³/mol. The first-order chi connectivity index (χ1) is 8.18. The fourth-order valence-electron chi connectivity index (χ4n) is 2.73. The lowest BCUT2D eigenvalue weighted by Gasteiger charge is -2.32. The van der Waals surface area contributed by atoms with Crippen molar-refractivity contribution >= 4 is 5.91 Å². The molecule has 1 amide bonds. The third-order valence-corrected chi connectivity index (χ3v) is 3.84. The van der Waals surface area contributed by atoms with Crippen LogP contribution in [0, 0.1) is 0 Å². The van der Waals surface area contributed by atoms with Gasteiger partial charge in [-0.1, -0.05) is 19.3 Å². The first-order valence-corrected chi connectivity index (χ1v) is 6.79. The first-order valence-electron chi connectivity index (χ1n) is 6.79. The van der Waals surface area contributed by atoms with Crippen molar-refractivity contribution in [3.05, 3.63) is 0 Å². The third kappa shape index (κ3) is 3.96. The molecule has 1 heterocycles. The Morgan fingerprint density at radius 2 is 2.06 bits per heavy atom. The predicted octanol–water partition coefficient (Wildman–Crippen LogP) is 1.37. The molecule has 4 heteroatoms. The Morgan fingerprint density at radius 1 is 1.29 bits per heavy atom. The summed E-state index contributed by atoms with van der Waals surface area (Å²) in [7, 11) is 0. The van der Waals surface area contributed by atoms with E-state index >= 15 is 0 Å². The average molecular weight is 241 g/mol. The van der Waals surface area contributed by atoms with Gasteiger partial charge in [0.15, 0.2) is 0 Å². The molecule has 1 atom stereocenters. The number of rotatable bonds is 4. The molecule has 1 saturated heterocycles. The number of ether oxygens (including phenoxy) is 1. The van der Waals surface area contributed by atoms with Gasteiger partial charge in [0, 0.05) is 13.2 Å². The van der Waals surface area contributed by atoms with Gasteiger partial charge < -0.3 is 15.2 Å². The molecule has 1 aliphatic heterocycles. The lowest BCUT2D eigenvalue weighted by atomic mass is 9.85. The van der Waals surface area contributed by atoms with E-state index in [9.17, 15) is 9.90 Å². The van der Waals surface area contributed by atoms with Crippen LogP contribution in [-0.4, -0.2) is 35.9 Å². The van der Waals surface area contributed by atoms with Gasteiger partial charge in [0.1, 0.15) is 0 Å². The minimum Gasteiger partial charge on any atom is -0.388 e. The number of nitrogens with one attached hydrogen (secondary N) is 1. The van der Waals surface area contributed by atoms with E-state index in [0.29, 0.717) is 13.0 Å². The number of aliphatic hydroxyl groups is 1. The summed E-state index contributed by atoms with van der Waals surface area (Å²) in [5.41, 5.74) is -0.662. The van der Waals surface area contributed by atoms with Gasteiger partial charge in [-0.2, -0.15) is 0 Å². The third-order valence-electron chi connectivity index (χ3n) is 3.84. The van der Waals surface area contributed by atoms with Crippen LogP contribution in [0.1, 0.15) is 51.4 Å². The summed E-state index contributed by atoms with van der Waals surface area (Å²) in [5, 5.41) is 13.1. The summed E-state index contributed by atoms with van der Waals surface area (Å²) in [6, 6.07) is 0. The van der Waals surface area contributed by atoms with Crippen molar-refractivity contribution in [1.29, 1.82) is 0 Å². The van der Waals surface area contributed by atoms with Crippen molar-refractivity contribution in [2.24, 2.45) is 0 Å². The summed E-state index contributed by atoms with van der Waals surface area (Å²) in [5.74, 6) is 0.0101. The number of hydrogen-bond acceptors (Lipinski definition) is 3. The highest BCUT2D eigenvalue weighted by atomic mass is 16.5. The highest BCUT2D eigenvalue weighted by Gasteiger charge is 2.29. The quantitative estimate of drug-likeness (QED) is 0.781. The van der Waals surface area contributed by atoms with Crippen LogP contribution in [0.4, 0.5) is 0 Å². The largest absolute Gasteiger partial charge is 0.388 e. The molecule has 2 rings (SSSR count). The molecule has 0 aromatic heterocycles. The van der Waals surface area contributed by atoms with Crippen LogP contribution >= 0.6 is 0 Å². The van der Waals surface area contributed by atoms with Crippen molar-refractivity contribution in [3.63, 3.8) is 0 Å². The van der Waals surface area contributed by atoms with Crippen LogP contribution in [0.3, 0.4) is 0 Å². The first kappa shape index (κ1) is 12.8. The fraction of sp³-hybridized carbons (Fsp3) is 0.923. The van der Waals surface area contributed by atoms with Gasteiger partial charge in [-0.25, -0.2) is 0 Å². The van der Waals surface area contributed by atoms with E-state index in [0.717, 1.165) is 45.1 Å². The highest BCUT2D eigenvalue weighted by molar-refractivity contribution is 5.76. The molecule has 2 fully saturated rings. The summed E-state index contributed by atoms with van der Waals surface area (Å²) < 4.78 is 5.42. The Kier molecular flexibility index (Phi) is 4.40. The Balaban J connectivity index is 1.67. The van der Waals surface area contributed by atoms with Gasteiger partial charge in [0.25, 0.3) is 0 Å². The molecule has 4 nitrogen and oxygen atoms in total. The molecule has 0 aromatic carbocycles. The molecule has 0 radical (unpaired) electrons. The molecule has 1 saturated carbocycles. The average Bonchev–Trinajstić information content (AvgIpc) is 2.80. The summed E-state index contributed by atoms with van der Waals surface area (Å²) in [6.07, 6.45) is 7.54. The minimum absolute atomic E-state index is 0.0101. The van der Waals surface area contributed by atoms with E-state index in [-0.39, 0.29) is 12.0 Å². The van der Waals surface area contributed by atoms with Crippen LogP contribution in [0.2, 0.25) is 0 Å². The van der Waals surface area contributed by atoms with Gasteiger partial charge in [-0.05, 0) is 25.7 Å². The van der Waals surface area contributed by atoms with Crippen molar-refractivity contribution in [3.8, 4) is 0 Å². The molecule has 0 aromatic rings. The molecule has 98 valence electrons. The van der Waals surface area contributed by atoms with Gasteiger partial charge in [0.05, 0.1) is 18.1 Å². The molecule has 2 aliphatic rings. The molecule has 1 aliphatic carbocycles. The van der Waals surface area contributed by atoms with Gasteiger partial charge in [0.2, 0.25) is 5.91 Å². The van der Waals surface area contributed by atoms with Gasteiger partial charge in [-0.3, -0.25) is 4.79 Å². The molecular weight excluding hydrogens is 218 g/mol. The van der Waals surface area contributed by atoms with E-state index in [2.05, 4.69) is 5.32 Å². The van der Waals surface area contributed by atoms with Crippen molar-refractivity contribution in [2.75, 3.05) is 13.2 Å². The number of amides is 1. The smallest absolute Gasteiger partial charge is 0.222 e. The number of carbonyl (C=O) groups is 1. The van der Waals surface area contributed by atoms with Crippen LogP contribution in [-0.2, 0) is 9.53 Å². The van der Waals surface area contributed by atoms with E-state index in [1.54, 1.807) is 0 Å². The van der Waals surface area contributed by atoms with Crippen LogP contribution in [0.15, 0.2) is 0 Å². The maximum atomic E-state index is 11.7. The molecule has 1 unspecified atom stereocenters. The number of carbonyl (C=O) groups excluding carboxylic acids is 1. The molecule has 2 N–H and O–H groups in total.